The second-order valence-corrected chi connectivity index (χ2v) is 4.73. The predicted octanol–water partition coefficient (Wildman–Crippen LogP) is 1.76. The second-order valence-electron chi connectivity index (χ2n) is 4.73. The van der Waals surface area contributed by atoms with Crippen LogP contribution in [0, 0.1) is 5.41 Å². The molecule has 3 nitrogen and oxygen atoms in total. The largest absolute Gasteiger partial charge is 0.341 e. The molecule has 1 aliphatic rings. The Kier molecular flexibility index (Phi) is 4.14. The fourth-order valence-corrected chi connectivity index (χ4v) is 2.36. The van der Waals surface area contributed by atoms with E-state index in [0.717, 1.165) is 38.8 Å². The molecular formula is C12H24N2O. The van der Waals surface area contributed by atoms with Crippen LogP contribution in [0.25, 0.3) is 0 Å². The fourth-order valence-electron chi connectivity index (χ4n) is 2.36. The van der Waals surface area contributed by atoms with Gasteiger partial charge in [-0.3, -0.25) is 4.79 Å². The lowest BCUT2D eigenvalue weighted by Gasteiger charge is -2.27. The van der Waals surface area contributed by atoms with Crippen molar-refractivity contribution in [2.24, 2.45) is 11.1 Å². The highest BCUT2D eigenvalue weighted by molar-refractivity contribution is 5.81. The lowest BCUT2D eigenvalue weighted by atomic mass is 9.82. The Hall–Kier alpha value is -0.570. The van der Waals surface area contributed by atoms with Crippen LogP contribution in [0.3, 0.4) is 0 Å². The van der Waals surface area contributed by atoms with Gasteiger partial charge in [-0.1, -0.05) is 20.8 Å². The number of hydrogen-bond acceptors (Lipinski definition) is 2. The van der Waals surface area contributed by atoms with Crippen LogP contribution in [0.1, 0.15) is 46.5 Å². The van der Waals surface area contributed by atoms with Gasteiger partial charge in [0.1, 0.15) is 0 Å². The molecule has 1 fully saturated rings. The Balaban J connectivity index is 2.59. The minimum Gasteiger partial charge on any atom is -0.341 e. The van der Waals surface area contributed by atoms with Gasteiger partial charge in [-0.2, -0.15) is 0 Å². The highest BCUT2D eigenvalue weighted by atomic mass is 16.2. The van der Waals surface area contributed by atoms with Gasteiger partial charge in [0, 0.05) is 13.1 Å². The first-order chi connectivity index (χ1) is 7.08. The summed E-state index contributed by atoms with van der Waals surface area (Å²) in [6.45, 7) is 8.21. The summed E-state index contributed by atoms with van der Waals surface area (Å²) in [5, 5.41) is 0. The molecule has 3 heteroatoms. The number of nitrogens with zero attached hydrogens (tertiary/aromatic N) is 1. The molecule has 0 bridgehead atoms. The summed E-state index contributed by atoms with van der Waals surface area (Å²) in [4.78, 5) is 13.9. The maximum Gasteiger partial charge on any atom is 0.239 e. The van der Waals surface area contributed by atoms with Crippen LogP contribution in [-0.2, 0) is 4.79 Å². The molecule has 0 aromatic carbocycles. The van der Waals surface area contributed by atoms with Crippen molar-refractivity contribution in [1.29, 1.82) is 0 Å². The van der Waals surface area contributed by atoms with Crippen LogP contribution in [0.15, 0.2) is 0 Å². The summed E-state index contributed by atoms with van der Waals surface area (Å²) in [6.07, 6.45) is 4.20. The first-order valence-corrected chi connectivity index (χ1v) is 6.13. The summed E-state index contributed by atoms with van der Waals surface area (Å²) in [6, 6.07) is -0.297. The molecule has 1 rings (SSSR count). The van der Waals surface area contributed by atoms with Crippen molar-refractivity contribution >= 4 is 5.91 Å². The van der Waals surface area contributed by atoms with Crippen molar-refractivity contribution in [1.82, 2.24) is 4.90 Å². The van der Waals surface area contributed by atoms with Crippen molar-refractivity contribution < 1.29 is 4.79 Å². The fraction of sp³-hybridized carbons (Fsp3) is 0.917. The third kappa shape index (κ3) is 2.51. The molecule has 0 aliphatic carbocycles. The van der Waals surface area contributed by atoms with Crippen molar-refractivity contribution in [3.63, 3.8) is 0 Å². The third-order valence-corrected chi connectivity index (χ3v) is 4.01. The van der Waals surface area contributed by atoms with Gasteiger partial charge >= 0.3 is 0 Å². The summed E-state index contributed by atoms with van der Waals surface area (Å²) < 4.78 is 0. The molecule has 1 heterocycles. The monoisotopic (exact) mass is 212 g/mol. The molecule has 15 heavy (non-hydrogen) atoms. The van der Waals surface area contributed by atoms with E-state index in [-0.39, 0.29) is 11.9 Å². The van der Waals surface area contributed by atoms with E-state index in [1.54, 1.807) is 0 Å². The van der Waals surface area contributed by atoms with Gasteiger partial charge in [-0.25, -0.2) is 0 Å². The lowest BCUT2D eigenvalue weighted by molar-refractivity contribution is -0.132. The van der Waals surface area contributed by atoms with Crippen molar-refractivity contribution in [3.05, 3.63) is 0 Å². The van der Waals surface area contributed by atoms with Crippen LogP contribution >= 0.6 is 0 Å². The van der Waals surface area contributed by atoms with E-state index in [2.05, 4.69) is 13.8 Å². The van der Waals surface area contributed by atoms with Crippen molar-refractivity contribution in [2.75, 3.05) is 13.1 Å². The highest BCUT2D eigenvalue weighted by Crippen LogP contribution is 2.37. The molecule has 1 saturated heterocycles. The van der Waals surface area contributed by atoms with E-state index in [0.29, 0.717) is 5.41 Å². The molecule has 0 aromatic rings. The van der Waals surface area contributed by atoms with Crippen LogP contribution in [0.2, 0.25) is 0 Å². The number of amides is 1. The normalized spacial score (nSPS) is 21.7. The SMILES string of the molecule is CCC(N)C(=O)N1CCC(CC)(CC)C1. The number of likely N-dealkylation sites (tertiary alicyclic amines) is 1. The number of carbonyl (C=O) groups is 1. The molecule has 0 saturated carbocycles. The van der Waals surface area contributed by atoms with E-state index in [9.17, 15) is 4.79 Å². The molecule has 1 unspecified atom stereocenters. The van der Waals surface area contributed by atoms with E-state index in [1.807, 2.05) is 11.8 Å². The third-order valence-electron chi connectivity index (χ3n) is 4.01. The quantitative estimate of drug-likeness (QED) is 0.772. The molecule has 1 aliphatic heterocycles. The average molecular weight is 212 g/mol. The van der Waals surface area contributed by atoms with Gasteiger partial charge in [0.25, 0.3) is 0 Å². The standard InChI is InChI=1S/C12H24N2O/c1-4-10(13)11(15)14-8-7-12(5-2,6-3)9-14/h10H,4-9,13H2,1-3H3. The van der Waals surface area contributed by atoms with Crippen LogP contribution in [0.5, 0.6) is 0 Å². The Morgan fingerprint density at radius 1 is 1.40 bits per heavy atom. The van der Waals surface area contributed by atoms with Crippen molar-refractivity contribution in [2.45, 2.75) is 52.5 Å². The average Bonchev–Trinajstić information content (AvgIpc) is 2.72. The van der Waals surface area contributed by atoms with Crippen LogP contribution < -0.4 is 5.73 Å². The maximum absolute atomic E-state index is 11.9. The molecule has 0 spiro atoms. The van der Waals surface area contributed by atoms with Gasteiger partial charge in [-0.05, 0) is 31.1 Å². The molecule has 1 atom stereocenters. The Morgan fingerprint density at radius 2 is 2.00 bits per heavy atom. The van der Waals surface area contributed by atoms with E-state index >= 15 is 0 Å². The van der Waals surface area contributed by atoms with E-state index in [4.69, 9.17) is 5.73 Å². The minimum atomic E-state index is -0.297. The first kappa shape index (κ1) is 12.5. The summed E-state index contributed by atoms with van der Waals surface area (Å²) in [7, 11) is 0. The molecule has 1 amide bonds. The zero-order valence-electron chi connectivity index (χ0n) is 10.3. The predicted molar refractivity (Wildman–Crippen MR) is 62.5 cm³/mol. The minimum absolute atomic E-state index is 0.140. The maximum atomic E-state index is 11.9. The van der Waals surface area contributed by atoms with Gasteiger partial charge in [-0.15, -0.1) is 0 Å². The van der Waals surface area contributed by atoms with Gasteiger partial charge in [0.2, 0.25) is 5.91 Å². The van der Waals surface area contributed by atoms with Crippen LogP contribution in [0.4, 0.5) is 0 Å². The lowest BCUT2D eigenvalue weighted by Crippen LogP contribution is -2.43. The Bertz CT molecular complexity index is 224. The number of rotatable bonds is 4. The van der Waals surface area contributed by atoms with Gasteiger partial charge in [0.15, 0.2) is 0 Å². The smallest absolute Gasteiger partial charge is 0.239 e. The zero-order chi connectivity index (χ0) is 11.5. The summed E-state index contributed by atoms with van der Waals surface area (Å²) in [5.74, 6) is 0.140. The van der Waals surface area contributed by atoms with E-state index < -0.39 is 0 Å². The number of carbonyl (C=O) groups excluding carboxylic acids is 1. The zero-order valence-corrected chi connectivity index (χ0v) is 10.3. The molecular weight excluding hydrogens is 188 g/mol. The Labute approximate surface area is 93.0 Å². The molecule has 2 N–H and O–H groups in total. The molecule has 88 valence electrons. The summed E-state index contributed by atoms with van der Waals surface area (Å²) in [5.41, 5.74) is 6.14. The van der Waals surface area contributed by atoms with Gasteiger partial charge < -0.3 is 10.6 Å². The molecule has 0 radical (unpaired) electrons. The van der Waals surface area contributed by atoms with Crippen LogP contribution in [-0.4, -0.2) is 29.9 Å². The number of hydrogen-bond donors (Lipinski definition) is 1. The summed E-state index contributed by atoms with van der Waals surface area (Å²) >= 11 is 0. The van der Waals surface area contributed by atoms with Crippen molar-refractivity contribution in [3.8, 4) is 0 Å². The van der Waals surface area contributed by atoms with Gasteiger partial charge in [0.05, 0.1) is 6.04 Å². The first-order valence-electron chi connectivity index (χ1n) is 6.13. The number of nitrogens with two attached hydrogens (primary N) is 1. The highest BCUT2D eigenvalue weighted by Gasteiger charge is 2.37. The molecule has 0 aromatic heterocycles. The topological polar surface area (TPSA) is 46.3 Å². The van der Waals surface area contributed by atoms with E-state index in [1.165, 1.54) is 0 Å². The second kappa shape index (κ2) is 4.97. The Morgan fingerprint density at radius 3 is 2.40 bits per heavy atom.